The summed E-state index contributed by atoms with van der Waals surface area (Å²) in [6.07, 6.45) is 1.23. The van der Waals surface area contributed by atoms with Crippen molar-refractivity contribution in [1.82, 2.24) is 4.98 Å². The average molecular weight is 245 g/mol. The van der Waals surface area contributed by atoms with Gasteiger partial charge in [0.15, 0.2) is 0 Å². The van der Waals surface area contributed by atoms with E-state index in [1.165, 1.54) is 23.1 Å². The van der Waals surface area contributed by atoms with Crippen LogP contribution in [0.2, 0.25) is 0 Å². The van der Waals surface area contributed by atoms with Gasteiger partial charge in [0.05, 0.1) is 5.52 Å². The molecule has 0 bridgehead atoms. The van der Waals surface area contributed by atoms with E-state index in [1.807, 2.05) is 0 Å². The quantitative estimate of drug-likeness (QED) is 0.647. The van der Waals surface area contributed by atoms with Crippen LogP contribution in [0.5, 0.6) is 0 Å². The predicted octanol–water partition coefficient (Wildman–Crippen LogP) is 4.51. The summed E-state index contributed by atoms with van der Waals surface area (Å²) < 4.78 is 0. The van der Waals surface area contributed by atoms with E-state index in [0.29, 0.717) is 11.8 Å². The molecule has 2 unspecified atom stereocenters. The molecule has 1 aliphatic rings. The summed E-state index contributed by atoms with van der Waals surface area (Å²) in [6.45, 7) is 0. The van der Waals surface area contributed by atoms with E-state index in [0.717, 1.165) is 5.52 Å². The number of hydrogen-bond acceptors (Lipinski definition) is 1. The van der Waals surface area contributed by atoms with Gasteiger partial charge < -0.3 is 0 Å². The van der Waals surface area contributed by atoms with Gasteiger partial charge in [-0.1, -0.05) is 54.6 Å². The van der Waals surface area contributed by atoms with Crippen LogP contribution in [0, 0.1) is 0 Å². The fraction of sp³-hybridized carbons (Fsp3) is 0.167. The molecule has 0 amide bonds. The Kier molecular flexibility index (Phi) is 2.37. The largest absolute Gasteiger partial charge is 0.253 e. The fourth-order valence-electron chi connectivity index (χ4n) is 2.88. The molecule has 2 atom stereocenters. The third-order valence-electron chi connectivity index (χ3n) is 4.02. The molecular weight excluding hydrogens is 230 g/mol. The Bertz CT molecular complexity index is 718. The summed E-state index contributed by atoms with van der Waals surface area (Å²) >= 11 is 0. The maximum atomic E-state index is 4.81. The molecule has 0 aliphatic heterocycles. The molecule has 4 rings (SSSR count). The van der Waals surface area contributed by atoms with E-state index in [2.05, 4.69) is 66.7 Å². The molecule has 0 spiro atoms. The highest BCUT2D eigenvalue weighted by molar-refractivity contribution is 5.78. The lowest BCUT2D eigenvalue weighted by Gasteiger charge is -2.03. The zero-order valence-electron chi connectivity index (χ0n) is 10.7. The average Bonchev–Trinajstić information content (AvgIpc) is 3.28. The molecule has 19 heavy (non-hydrogen) atoms. The first kappa shape index (κ1) is 10.7. The molecule has 1 aromatic heterocycles. The minimum absolute atomic E-state index is 0.604. The Morgan fingerprint density at radius 3 is 2.42 bits per heavy atom. The molecule has 0 radical (unpaired) electrons. The first-order valence-corrected chi connectivity index (χ1v) is 6.82. The van der Waals surface area contributed by atoms with Crippen LogP contribution < -0.4 is 0 Å². The van der Waals surface area contributed by atoms with Gasteiger partial charge in [0.2, 0.25) is 0 Å². The molecular formula is C18H15N. The van der Waals surface area contributed by atoms with Crippen LogP contribution in [0.4, 0.5) is 0 Å². The highest BCUT2D eigenvalue weighted by Crippen LogP contribution is 2.54. The molecule has 1 aliphatic carbocycles. The highest BCUT2D eigenvalue weighted by atomic mass is 14.7. The van der Waals surface area contributed by atoms with E-state index in [-0.39, 0.29) is 0 Å². The number of rotatable bonds is 2. The number of hydrogen-bond donors (Lipinski definition) is 0. The number of nitrogens with zero attached hydrogens (tertiary/aromatic N) is 1. The second-order valence-corrected chi connectivity index (χ2v) is 5.29. The normalized spacial score (nSPS) is 21.5. The molecule has 3 aromatic rings. The van der Waals surface area contributed by atoms with Crippen molar-refractivity contribution < 1.29 is 0 Å². The molecule has 1 heterocycles. The summed E-state index contributed by atoms with van der Waals surface area (Å²) in [4.78, 5) is 4.81. The zero-order valence-corrected chi connectivity index (χ0v) is 10.7. The standard InChI is InChI=1S/C18H15N/c1-2-6-13(7-3-1)15-12-16(15)18-11-10-14-8-4-5-9-17(14)19-18/h1-11,15-16H,12H2. The van der Waals surface area contributed by atoms with Crippen molar-refractivity contribution in [3.05, 3.63) is 78.0 Å². The van der Waals surface area contributed by atoms with E-state index in [1.54, 1.807) is 0 Å². The molecule has 0 saturated heterocycles. The summed E-state index contributed by atoms with van der Waals surface area (Å²) in [5.74, 6) is 1.27. The molecule has 1 fully saturated rings. The molecule has 1 heteroatoms. The molecule has 92 valence electrons. The van der Waals surface area contributed by atoms with Crippen LogP contribution in [-0.4, -0.2) is 4.98 Å². The van der Waals surface area contributed by atoms with Crippen molar-refractivity contribution in [3.8, 4) is 0 Å². The summed E-state index contributed by atoms with van der Waals surface area (Å²) in [5, 5.41) is 1.23. The van der Waals surface area contributed by atoms with Gasteiger partial charge in [-0.15, -0.1) is 0 Å². The van der Waals surface area contributed by atoms with Crippen LogP contribution in [-0.2, 0) is 0 Å². The minimum Gasteiger partial charge on any atom is -0.253 e. The monoisotopic (exact) mass is 245 g/mol. The SMILES string of the molecule is c1ccc(C2CC2c2ccc3ccccc3n2)cc1. The van der Waals surface area contributed by atoms with Crippen molar-refractivity contribution in [2.24, 2.45) is 0 Å². The second-order valence-electron chi connectivity index (χ2n) is 5.29. The van der Waals surface area contributed by atoms with E-state index in [9.17, 15) is 0 Å². The highest BCUT2D eigenvalue weighted by Gasteiger charge is 2.40. The number of benzene rings is 2. The Balaban J connectivity index is 1.66. The van der Waals surface area contributed by atoms with Crippen LogP contribution in [0.15, 0.2) is 66.7 Å². The van der Waals surface area contributed by atoms with Crippen molar-refractivity contribution in [2.45, 2.75) is 18.3 Å². The van der Waals surface area contributed by atoms with Crippen LogP contribution >= 0.6 is 0 Å². The summed E-state index contributed by atoms with van der Waals surface area (Å²) in [5.41, 5.74) is 3.80. The lowest BCUT2D eigenvalue weighted by atomic mass is 10.1. The molecule has 2 aromatic carbocycles. The molecule has 1 saturated carbocycles. The van der Waals surface area contributed by atoms with Gasteiger partial charge in [0.1, 0.15) is 0 Å². The maximum absolute atomic E-state index is 4.81. The van der Waals surface area contributed by atoms with Gasteiger partial charge in [-0.05, 0) is 30.0 Å². The Morgan fingerprint density at radius 2 is 1.53 bits per heavy atom. The summed E-state index contributed by atoms with van der Waals surface area (Å²) in [6, 6.07) is 23.5. The third-order valence-corrected chi connectivity index (χ3v) is 4.02. The first-order chi connectivity index (χ1) is 9.42. The van der Waals surface area contributed by atoms with Crippen molar-refractivity contribution >= 4 is 10.9 Å². The lowest BCUT2D eigenvalue weighted by Crippen LogP contribution is -1.89. The smallest absolute Gasteiger partial charge is 0.0705 e. The lowest BCUT2D eigenvalue weighted by molar-refractivity contribution is 0.979. The topological polar surface area (TPSA) is 12.9 Å². The first-order valence-electron chi connectivity index (χ1n) is 6.82. The zero-order chi connectivity index (χ0) is 12.7. The van der Waals surface area contributed by atoms with Gasteiger partial charge in [-0.25, -0.2) is 0 Å². The van der Waals surface area contributed by atoms with Crippen molar-refractivity contribution in [1.29, 1.82) is 0 Å². The minimum atomic E-state index is 0.604. The Morgan fingerprint density at radius 1 is 0.737 bits per heavy atom. The van der Waals surface area contributed by atoms with E-state index >= 15 is 0 Å². The Labute approximate surface area is 112 Å². The van der Waals surface area contributed by atoms with Gasteiger partial charge in [0.25, 0.3) is 0 Å². The molecule has 0 N–H and O–H groups in total. The van der Waals surface area contributed by atoms with E-state index < -0.39 is 0 Å². The van der Waals surface area contributed by atoms with Gasteiger partial charge in [-0.2, -0.15) is 0 Å². The van der Waals surface area contributed by atoms with Crippen LogP contribution in [0.1, 0.15) is 29.5 Å². The predicted molar refractivity (Wildman–Crippen MR) is 78.3 cm³/mol. The van der Waals surface area contributed by atoms with Crippen LogP contribution in [0.25, 0.3) is 10.9 Å². The van der Waals surface area contributed by atoms with Crippen molar-refractivity contribution in [2.75, 3.05) is 0 Å². The number of pyridine rings is 1. The molecule has 1 nitrogen and oxygen atoms in total. The van der Waals surface area contributed by atoms with E-state index in [4.69, 9.17) is 4.98 Å². The van der Waals surface area contributed by atoms with Gasteiger partial charge >= 0.3 is 0 Å². The number of para-hydroxylation sites is 1. The number of aromatic nitrogens is 1. The Hall–Kier alpha value is -2.15. The third kappa shape index (κ3) is 1.91. The van der Waals surface area contributed by atoms with Gasteiger partial charge in [0, 0.05) is 17.0 Å². The summed E-state index contributed by atoms with van der Waals surface area (Å²) in [7, 11) is 0. The number of fused-ring (bicyclic) bond motifs is 1. The second kappa shape index (κ2) is 4.20. The fourth-order valence-corrected chi connectivity index (χ4v) is 2.88. The maximum Gasteiger partial charge on any atom is 0.0705 e. The van der Waals surface area contributed by atoms with Gasteiger partial charge in [-0.3, -0.25) is 4.98 Å². The van der Waals surface area contributed by atoms with Crippen molar-refractivity contribution in [3.63, 3.8) is 0 Å². The van der Waals surface area contributed by atoms with Crippen LogP contribution in [0.3, 0.4) is 0 Å².